The second-order valence-corrected chi connectivity index (χ2v) is 7.94. The second kappa shape index (κ2) is 9.11. The molecule has 30 heavy (non-hydrogen) atoms. The van der Waals surface area contributed by atoms with Crippen molar-refractivity contribution in [2.45, 2.75) is 31.4 Å². The van der Waals surface area contributed by atoms with E-state index in [4.69, 9.17) is 11.5 Å². The zero-order valence-corrected chi connectivity index (χ0v) is 17.0. The molecule has 0 aromatic heterocycles. The Morgan fingerprint density at radius 2 is 1.50 bits per heavy atom. The fourth-order valence-electron chi connectivity index (χ4n) is 3.97. The zero-order valence-electron chi connectivity index (χ0n) is 17.0. The van der Waals surface area contributed by atoms with Crippen LogP contribution in [-0.4, -0.2) is 16.1 Å². The fourth-order valence-corrected chi connectivity index (χ4v) is 3.97. The van der Waals surface area contributed by atoms with Gasteiger partial charge in [-0.3, -0.25) is 10.5 Å². The number of nitrogens with two attached hydrogens (primary N) is 2. The lowest BCUT2D eigenvalue weighted by molar-refractivity contribution is 0.0178. The normalized spacial score (nSPS) is 14.3. The summed E-state index contributed by atoms with van der Waals surface area (Å²) in [5.41, 5.74) is 12.6. The van der Waals surface area contributed by atoms with Gasteiger partial charge in [0.15, 0.2) is 0 Å². The third-order valence-electron chi connectivity index (χ3n) is 5.46. The monoisotopic (exact) mass is 404 g/mol. The third-order valence-corrected chi connectivity index (χ3v) is 5.46. The first kappa shape index (κ1) is 21.6. The van der Waals surface area contributed by atoms with E-state index in [0.29, 0.717) is 5.56 Å². The molecule has 0 heterocycles. The highest BCUT2D eigenvalue weighted by Gasteiger charge is 2.29. The molecule has 5 heteroatoms. The van der Waals surface area contributed by atoms with Crippen LogP contribution in [0.15, 0.2) is 78.9 Å². The summed E-state index contributed by atoms with van der Waals surface area (Å²) in [6.45, 7) is 2.05. The Morgan fingerprint density at radius 3 is 2.00 bits per heavy atom. The summed E-state index contributed by atoms with van der Waals surface area (Å²) in [5, 5.41) is 20.8. The smallest absolute Gasteiger partial charge is 0.252 e. The van der Waals surface area contributed by atoms with Crippen molar-refractivity contribution in [2.24, 2.45) is 17.4 Å². The maximum absolute atomic E-state index is 11.5. The number of aromatic hydroxyl groups is 1. The Labute approximate surface area is 177 Å². The minimum atomic E-state index is -1.66. The number of carbonyl (C=O) groups is 1. The largest absolute Gasteiger partial charge is 0.507 e. The Morgan fingerprint density at radius 1 is 0.967 bits per heavy atom. The van der Waals surface area contributed by atoms with Gasteiger partial charge in [0.1, 0.15) is 11.5 Å². The molecule has 0 radical (unpaired) electrons. The van der Waals surface area contributed by atoms with Gasteiger partial charge in [-0.25, -0.2) is 0 Å². The summed E-state index contributed by atoms with van der Waals surface area (Å²) in [5.74, 6) is -0.773. The van der Waals surface area contributed by atoms with Crippen molar-refractivity contribution >= 4 is 5.91 Å². The number of carbonyl (C=O) groups excluding carboxylic acids is 1. The number of amides is 1. The van der Waals surface area contributed by atoms with E-state index in [0.717, 1.165) is 6.42 Å². The van der Waals surface area contributed by atoms with E-state index in [2.05, 4.69) is 24.3 Å². The highest BCUT2D eigenvalue weighted by molar-refractivity contribution is 5.95. The average Bonchev–Trinajstić information content (AvgIpc) is 2.73. The molecule has 5 nitrogen and oxygen atoms in total. The number of hydrogen-bond donors (Lipinski definition) is 4. The molecule has 0 aliphatic rings. The summed E-state index contributed by atoms with van der Waals surface area (Å²) in [6.07, 6.45) is 1.07. The number of hydrogen-bond acceptors (Lipinski definition) is 4. The van der Waals surface area contributed by atoms with Crippen LogP contribution in [0, 0.1) is 5.92 Å². The number of aliphatic hydroxyl groups is 1. The van der Waals surface area contributed by atoms with Crippen molar-refractivity contribution in [2.75, 3.05) is 0 Å². The van der Waals surface area contributed by atoms with E-state index >= 15 is 0 Å². The molecule has 156 valence electrons. The van der Waals surface area contributed by atoms with Gasteiger partial charge in [-0.15, -0.1) is 0 Å². The standard InChI is InChI=1S/C25H28N2O3/c1-17(16-25(27,30)20-12-13-23(28)22(15-20)24(26)29)14-21(18-8-4-2-5-9-18)19-10-6-3-7-11-19/h2-13,15,17,21,28,30H,14,16,27H2,1H3,(H2,26,29)/t17-,25-/m1/s1. The van der Waals surface area contributed by atoms with Crippen molar-refractivity contribution in [1.82, 2.24) is 0 Å². The lowest BCUT2D eigenvalue weighted by Gasteiger charge is -2.30. The third kappa shape index (κ3) is 5.06. The van der Waals surface area contributed by atoms with Crippen LogP contribution >= 0.6 is 0 Å². The average molecular weight is 405 g/mol. The van der Waals surface area contributed by atoms with Crippen LogP contribution < -0.4 is 11.5 Å². The van der Waals surface area contributed by atoms with Crippen LogP contribution in [0.25, 0.3) is 0 Å². The summed E-state index contributed by atoms with van der Waals surface area (Å²) >= 11 is 0. The molecule has 0 fully saturated rings. The SMILES string of the molecule is C[C@H](CC(c1ccccc1)c1ccccc1)C[C@@](N)(O)c1ccc(O)c(C(N)=O)c1. The molecule has 3 aromatic carbocycles. The molecule has 6 N–H and O–H groups in total. The number of phenols is 1. The molecule has 2 atom stereocenters. The van der Waals surface area contributed by atoms with Gasteiger partial charge < -0.3 is 15.9 Å². The van der Waals surface area contributed by atoms with Gasteiger partial charge in [0, 0.05) is 5.92 Å². The minimum Gasteiger partial charge on any atom is -0.507 e. The maximum atomic E-state index is 11.5. The van der Waals surface area contributed by atoms with Gasteiger partial charge >= 0.3 is 0 Å². The first-order valence-electron chi connectivity index (χ1n) is 10.0. The molecule has 0 spiro atoms. The van der Waals surface area contributed by atoms with Crippen molar-refractivity contribution in [3.63, 3.8) is 0 Å². The molecule has 0 bridgehead atoms. The minimum absolute atomic E-state index is 0.0597. The van der Waals surface area contributed by atoms with Gasteiger partial charge in [0.25, 0.3) is 5.91 Å². The summed E-state index contributed by atoms with van der Waals surface area (Å²) in [7, 11) is 0. The van der Waals surface area contributed by atoms with Gasteiger partial charge in [-0.2, -0.15) is 0 Å². The molecule has 0 aliphatic heterocycles. The lowest BCUT2D eigenvalue weighted by atomic mass is 9.81. The van der Waals surface area contributed by atoms with Crippen molar-refractivity contribution in [3.05, 3.63) is 101 Å². The Bertz CT molecular complexity index is 948. The van der Waals surface area contributed by atoms with E-state index in [-0.39, 0.29) is 29.6 Å². The highest BCUT2D eigenvalue weighted by Crippen LogP contribution is 2.35. The lowest BCUT2D eigenvalue weighted by Crippen LogP contribution is -2.38. The first-order valence-corrected chi connectivity index (χ1v) is 10.0. The number of benzene rings is 3. The highest BCUT2D eigenvalue weighted by atomic mass is 16.3. The van der Waals surface area contributed by atoms with Crippen LogP contribution in [-0.2, 0) is 5.72 Å². The summed E-state index contributed by atoms with van der Waals surface area (Å²) in [4.78, 5) is 11.5. The predicted octanol–water partition coefficient (Wildman–Crippen LogP) is 3.84. The van der Waals surface area contributed by atoms with Gasteiger partial charge in [0.2, 0.25) is 0 Å². The molecule has 0 saturated carbocycles. The second-order valence-electron chi connectivity index (χ2n) is 7.94. The van der Waals surface area contributed by atoms with E-state index < -0.39 is 11.6 Å². The maximum Gasteiger partial charge on any atom is 0.252 e. The molecule has 0 aliphatic carbocycles. The van der Waals surface area contributed by atoms with E-state index in [1.807, 2.05) is 43.3 Å². The predicted molar refractivity (Wildman–Crippen MR) is 118 cm³/mol. The van der Waals surface area contributed by atoms with Crippen LogP contribution in [0.5, 0.6) is 5.75 Å². The summed E-state index contributed by atoms with van der Waals surface area (Å²) in [6, 6.07) is 24.7. The zero-order chi connectivity index (χ0) is 21.7. The molecule has 3 rings (SSSR count). The van der Waals surface area contributed by atoms with Gasteiger partial charge in [0.05, 0.1) is 5.56 Å². The molecule has 3 aromatic rings. The van der Waals surface area contributed by atoms with Gasteiger partial charge in [-0.05, 0) is 47.6 Å². The first-order chi connectivity index (χ1) is 14.3. The molecule has 0 unspecified atom stereocenters. The van der Waals surface area contributed by atoms with Crippen molar-refractivity contribution < 1.29 is 15.0 Å². The van der Waals surface area contributed by atoms with Gasteiger partial charge in [-0.1, -0.05) is 73.7 Å². The van der Waals surface area contributed by atoms with Crippen LogP contribution in [0.3, 0.4) is 0 Å². The number of primary amides is 1. The Hall–Kier alpha value is -3.15. The van der Waals surface area contributed by atoms with E-state index in [1.54, 1.807) is 0 Å². The Kier molecular flexibility index (Phi) is 6.55. The van der Waals surface area contributed by atoms with Crippen molar-refractivity contribution in [3.8, 4) is 5.75 Å². The molecular formula is C25H28N2O3. The Balaban J connectivity index is 1.82. The quantitative estimate of drug-likeness (QED) is 0.428. The summed E-state index contributed by atoms with van der Waals surface area (Å²) < 4.78 is 0. The molecular weight excluding hydrogens is 376 g/mol. The van der Waals surface area contributed by atoms with Crippen LogP contribution in [0.2, 0.25) is 0 Å². The van der Waals surface area contributed by atoms with Crippen molar-refractivity contribution in [1.29, 1.82) is 0 Å². The van der Waals surface area contributed by atoms with E-state index in [1.165, 1.54) is 29.3 Å². The molecule has 1 amide bonds. The number of rotatable bonds is 8. The van der Waals surface area contributed by atoms with Crippen LogP contribution in [0.4, 0.5) is 0 Å². The topological polar surface area (TPSA) is 110 Å². The fraction of sp³-hybridized carbons (Fsp3) is 0.240. The van der Waals surface area contributed by atoms with E-state index in [9.17, 15) is 15.0 Å². The molecule has 0 saturated heterocycles. The van der Waals surface area contributed by atoms with Crippen LogP contribution in [0.1, 0.15) is 52.7 Å².